The number of halogens is 2. The van der Waals surface area contributed by atoms with E-state index >= 15 is 0 Å². The van der Waals surface area contributed by atoms with Crippen LogP contribution in [0.2, 0.25) is 0 Å². The molecule has 0 bridgehead atoms. The number of fused-ring (bicyclic) bond motifs is 1. The number of hydrogen-bond acceptors (Lipinski definition) is 5. The number of carbonyl (C=O) groups excluding carboxylic acids is 1. The van der Waals surface area contributed by atoms with Crippen molar-refractivity contribution in [1.82, 2.24) is 19.7 Å². The van der Waals surface area contributed by atoms with E-state index in [4.69, 9.17) is 10.5 Å². The Labute approximate surface area is 204 Å². The van der Waals surface area contributed by atoms with Crippen LogP contribution in [-0.2, 0) is 4.79 Å². The molecule has 3 heterocycles. The molecule has 0 radical (unpaired) electrons. The van der Waals surface area contributed by atoms with E-state index in [-0.39, 0.29) is 29.0 Å². The molecular formula is C26H23F2N5O3. The molecule has 0 spiro atoms. The Balaban J connectivity index is 1.53. The lowest BCUT2D eigenvalue weighted by Gasteiger charge is -2.32. The first-order valence-electron chi connectivity index (χ1n) is 11.4. The van der Waals surface area contributed by atoms with Crippen LogP contribution in [0.25, 0.3) is 16.6 Å². The quantitative estimate of drug-likeness (QED) is 0.406. The van der Waals surface area contributed by atoms with Crippen LogP contribution in [0.1, 0.15) is 24.3 Å². The summed E-state index contributed by atoms with van der Waals surface area (Å²) in [5.74, 6) is -1.14. The SMILES string of the molecule is C=CC(=O)N1CCC[C@H](c2cn(-c3ccc(Oc4cc(F)cc(F)c4)cc3)c3c(N)n[nH]c(=O)c23)C1. The topological polar surface area (TPSA) is 106 Å². The molecular weight excluding hydrogens is 468 g/mol. The molecule has 3 N–H and O–H groups in total. The van der Waals surface area contributed by atoms with Gasteiger partial charge in [-0.15, -0.1) is 0 Å². The molecule has 1 aliphatic heterocycles. The van der Waals surface area contributed by atoms with Crippen LogP contribution < -0.4 is 16.0 Å². The lowest BCUT2D eigenvalue weighted by Crippen LogP contribution is -2.38. The molecule has 1 fully saturated rings. The fourth-order valence-electron chi connectivity index (χ4n) is 4.71. The minimum absolute atomic E-state index is 0.0323. The van der Waals surface area contributed by atoms with E-state index in [2.05, 4.69) is 16.8 Å². The number of nitrogen functional groups attached to an aromatic ring is 1. The normalized spacial score (nSPS) is 15.7. The van der Waals surface area contributed by atoms with Crippen molar-refractivity contribution < 1.29 is 18.3 Å². The lowest BCUT2D eigenvalue weighted by atomic mass is 9.90. The number of aromatic nitrogens is 3. The monoisotopic (exact) mass is 491 g/mol. The van der Waals surface area contributed by atoms with Crippen molar-refractivity contribution in [2.24, 2.45) is 0 Å². The predicted octanol–water partition coefficient (Wildman–Crippen LogP) is 4.26. The van der Waals surface area contributed by atoms with Crippen LogP contribution in [0, 0.1) is 11.6 Å². The predicted molar refractivity (Wildman–Crippen MR) is 131 cm³/mol. The summed E-state index contributed by atoms with van der Waals surface area (Å²) >= 11 is 0. The zero-order chi connectivity index (χ0) is 25.4. The Morgan fingerprint density at radius 1 is 1.17 bits per heavy atom. The van der Waals surface area contributed by atoms with Gasteiger partial charge in [-0.25, -0.2) is 13.9 Å². The van der Waals surface area contributed by atoms with Gasteiger partial charge in [0.1, 0.15) is 28.7 Å². The largest absolute Gasteiger partial charge is 0.457 e. The van der Waals surface area contributed by atoms with Gasteiger partial charge in [-0.05, 0) is 48.7 Å². The van der Waals surface area contributed by atoms with E-state index in [0.717, 1.165) is 36.6 Å². The number of rotatable bonds is 5. The number of H-pyrrole nitrogens is 1. The van der Waals surface area contributed by atoms with Gasteiger partial charge in [0.15, 0.2) is 5.82 Å². The number of benzene rings is 2. The molecule has 184 valence electrons. The van der Waals surface area contributed by atoms with Gasteiger partial charge in [0.2, 0.25) is 5.91 Å². The molecule has 1 saturated heterocycles. The third kappa shape index (κ3) is 4.33. The standard InChI is InChI=1S/C26H23F2N5O3/c1-2-22(34)32-9-3-4-15(13-32)21-14-33(24-23(21)26(35)31-30-25(24)29)18-5-7-19(8-6-18)36-20-11-16(27)10-17(28)12-20/h2,5-8,10-12,14-15H,1,3-4,9,13H2,(H2,29,30)(H,31,35)/t15-/m0/s1. The van der Waals surface area contributed by atoms with Crippen molar-refractivity contribution in [3.05, 3.63) is 88.9 Å². The Bertz CT molecular complexity index is 1510. The molecule has 1 atom stereocenters. The highest BCUT2D eigenvalue weighted by Gasteiger charge is 2.28. The summed E-state index contributed by atoms with van der Waals surface area (Å²) in [6.45, 7) is 4.67. The van der Waals surface area contributed by atoms with Crippen molar-refractivity contribution in [2.45, 2.75) is 18.8 Å². The summed E-state index contributed by atoms with van der Waals surface area (Å²) in [7, 11) is 0. The average molecular weight is 491 g/mol. The zero-order valence-corrected chi connectivity index (χ0v) is 19.2. The average Bonchev–Trinajstić information content (AvgIpc) is 3.28. The summed E-state index contributed by atoms with van der Waals surface area (Å²) in [5.41, 5.74) is 7.73. The van der Waals surface area contributed by atoms with E-state index in [1.54, 1.807) is 33.7 Å². The number of likely N-dealkylation sites (tertiary alicyclic amines) is 1. The van der Waals surface area contributed by atoms with Gasteiger partial charge >= 0.3 is 0 Å². The van der Waals surface area contributed by atoms with E-state index in [0.29, 0.717) is 35.4 Å². The first-order chi connectivity index (χ1) is 17.3. The summed E-state index contributed by atoms with van der Waals surface area (Å²) in [4.78, 5) is 26.8. The molecule has 1 amide bonds. The maximum absolute atomic E-state index is 13.5. The number of carbonyl (C=O) groups is 1. The highest BCUT2D eigenvalue weighted by molar-refractivity contribution is 5.92. The summed E-state index contributed by atoms with van der Waals surface area (Å²) in [6.07, 6.45) is 4.74. The molecule has 4 aromatic rings. The van der Waals surface area contributed by atoms with Crippen molar-refractivity contribution in [1.29, 1.82) is 0 Å². The molecule has 1 aliphatic rings. The number of nitrogens with zero attached hydrogens (tertiary/aromatic N) is 3. The molecule has 10 heteroatoms. The fraction of sp³-hybridized carbons (Fsp3) is 0.192. The van der Waals surface area contributed by atoms with Crippen LogP contribution in [0.15, 0.2) is 66.1 Å². The minimum atomic E-state index is -0.739. The maximum Gasteiger partial charge on any atom is 0.274 e. The van der Waals surface area contributed by atoms with Crippen molar-refractivity contribution in [2.75, 3.05) is 18.8 Å². The molecule has 36 heavy (non-hydrogen) atoms. The first kappa shape index (κ1) is 23.3. The third-order valence-corrected chi connectivity index (χ3v) is 6.32. The second-order valence-corrected chi connectivity index (χ2v) is 8.64. The highest BCUT2D eigenvalue weighted by atomic mass is 19.1. The number of hydrogen-bond donors (Lipinski definition) is 2. The number of nitrogens with one attached hydrogen (secondary N) is 1. The smallest absolute Gasteiger partial charge is 0.274 e. The van der Waals surface area contributed by atoms with Crippen molar-refractivity contribution >= 4 is 22.6 Å². The molecule has 2 aromatic carbocycles. The van der Waals surface area contributed by atoms with E-state index in [1.165, 1.54) is 6.08 Å². The molecule has 0 saturated carbocycles. The Kier molecular flexibility index (Phi) is 6.01. The van der Waals surface area contributed by atoms with Gasteiger partial charge in [0.05, 0.1) is 5.39 Å². The van der Waals surface area contributed by atoms with Gasteiger partial charge in [-0.1, -0.05) is 6.58 Å². The summed E-state index contributed by atoms with van der Waals surface area (Å²) in [5, 5.41) is 6.83. The highest BCUT2D eigenvalue weighted by Crippen LogP contribution is 2.35. The van der Waals surface area contributed by atoms with Crippen LogP contribution in [0.5, 0.6) is 11.5 Å². The van der Waals surface area contributed by atoms with E-state index in [9.17, 15) is 18.4 Å². The number of nitrogens with two attached hydrogens (primary N) is 1. The Morgan fingerprint density at radius 2 is 1.89 bits per heavy atom. The van der Waals surface area contributed by atoms with Crippen molar-refractivity contribution in [3.8, 4) is 17.2 Å². The van der Waals surface area contributed by atoms with E-state index < -0.39 is 11.6 Å². The second-order valence-electron chi connectivity index (χ2n) is 8.64. The van der Waals surface area contributed by atoms with Gasteiger partial charge in [0, 0.05) is 49.1 Å². The minimum Gasteiger partial charge on any atom is -0.457 e. The summed E-state index contributed by atoms with van der Waals surface area (Å²) in [6, 6.07) is 9.71. The number of aromatic amines is 1. The van der Waals surface area contributed by atoms with Crippen LogP contribution >= 0.6 is 0 Å². The fourth-order valence-corrected chi connectivity index (χ4v) is 4.71. The molecule has 0 aliphatic carbocycles. The molecule has 2 aromatic heterocycles. The second kappa shape index (κ2) is 9.29. The van der Waals surface area contributed by atoms with Crippen molar-refractivity contribution in [3.63, 3.8) is 0 Å². The van der Waals surface area contributed by atoms with Crippen LogP contribution in [-0.4, -0.2) is 38.7 Å². The number of amides is 1. The third-order valence-electron chi connectivity index (χ3n) is 6.32. The molecule has 0 unspecified atom stereocenters. The van der Waals surface area contributed by atoms with Gasteiger partial charge in [-0.3, -0.25) is 9.59 Å². The van der Waals surface area contributed by atoms with Gasteiger partial charge in [0.25, 0.3) is 5.56 Å². The number of ether oxygens (including phenoxy) is 1. The van der Waals surface area contributed by atoms with Gasteiger partial charge < -0.3 is 19.9 Å². The maximum atomic E-state index is 13.5. The molecule has 8 nitrogen and oxygen atoms in total. The van der Waals surface area contributed by atoms with Crippen LogP contribution in [0.4, 0.5) is 14.6 Å². The first-order valence-corrected chi connectivity index (χ1v) is 11.4. The molecule has 5 rings (SSSR count). The van der Waals surface area contributed by atoms with Gasteiger partial charge in [-0.2, -0.15) is 5.10 Å². The van der Waals surface area contributed by atoms with Crippen LogP contribution in [0.3, 0.4) is 0 Å². The number of anilines is 1. The number of piperidine rings is 1. The lowest BCUT2D eigenvalue weighted by molar-refractivity contribution is -0.127. The Morgan fingerprint density at radius 3 is 2.58 bits per heavy atom. The zero-order valence-electron chi connectivity index (χ0n) is 19.2. The Hall–Kier alpha value is -4.47. The van der Waals surface area contributed by atoms with E-state index in [1.807, 2.05) is 6.20 Å². The summed E-state index contributed by atoms with van der Waals surface area (Å²) < 4.78 is 34.3.